The fraction of sp³-hybridized carbons (Fsp3) is 0.538. The lowest BCUT2D eigenvalue weighted by Crippen LogP contribution is -2.33. The highest BCUT2D eigenvalue weighted by atomic mass is 16.5. The van der Waals surface area contributed by atoms with E-state index in [1.54, 1.807) is 7.11 Å². The molecule has 0 amide bonds. The number of unbranched alkanes of at least 4 members (excludes halogenated alkanes) is 1. The molecule has 1 fully saturated rings. The molecule has 0 radical (unpaired) electrons. The first-order chi connectivity index (χ1) is 15.7. The molecule has 0 bridgehead atoms. The van der Waals surface area contributed by atoms with E-state index >= 15 is 0 Å². The van der Waals surface area contributed by atoms with Gasteiger partial charge in [0.05, 0.1) is 13.2 Å². The van der Waals surface area contributed by atoms with Gasteiger partial charge in [-0.25, -0.2) is 0 Å². The Morgan fingerprint density at radius 1 is 1.19 bits per heavy atom. The molecule has 32 heavy (non-hydrogen) atoms. The molecule has 172 valence electrons. The monoisotopic (exact) mass is 438 g/mol. The van der Waals surface area contributed by atoms with Gasteiger partial charge in [-0.15, -0.1) is 0 Å². The number of ether oxygens (including phenoxy) is 2. The highest BCUT2D eigenvalue weighted by Crippen LogP contribution is 2.32. The van der Waals surface area contributed by atoms with Gasteiger partial charge in [0.1, 0.15) is 11.8 Å². The second-order valence-electron chi connectivity index (χ2n) is 8.83. The lowest BCUT2D eigenvalue weighted by Gasteiger charge is -2.25. The Balaban J connectivity index is 1.22. The number of aromatic nitrogens is 1. The number of likely N-dealkylation sites (tertiary alicyclic amines) is 1. The smallest absolute Gasteiger partial charge is 0.325 e. The topological polar surface area (TPSA) is 71.9 Å². The quantitative estimate of drug-likeness (QED) is 0.561. The van der Waals surface area contributed by atoms with Crippen molar-refractivity contribution >= 4 is 5.97 Å². The van der Waals surface area contributed by atoms with Crippen LogP contribution in [-0.2, 0) is 28.8 Å². The standard InChI is InChI=1S/C26H34N2O4/c1-31-24-12-5-3-10-22(24)25(26(29)30)28-16-15-21(18-28)32-17-7-6-9-20-14-13-19-8-2-4-11-23(19)27-20/h3,5,10,12-14,21,25H,2,4,6-9,11,15-18H2,1H3,(H,29,30)/t21-,25?/m1/s1. The van der Waals surface area contributed by atoms with Gasteiger partial charge < -0.3 is 14.6 Å². The predicted molar refractivity (Wildman–Crippen MR) is 123 cm³/mol. The largest absolute Gasteiger partial charge is 0.496 e. The van der Waals surface area contributed by atoms with Crippen LogP contribution < -0.4 is 4.74 Å². The van der Waals surface area contributed by atoms with Gasteiger partial charge in [-0.3, -0.25) is 14.7 Å². The minimum atomic E-state index is -0.854. The zero-order chi connectivity index (χ0) is 22.3. The fourth-order valence-corrected chi connectivity index (χ4v) is 4.93. The van der Waals surface area contributed by atoms with E-state index in [2.05, 4.69) is 12.1 Å². The highest BCUT2D eigenvalue weighted by Gasteiger charge is 2.35. The highest BCUT2D eigenvalue weighted by molar-refractivity contribution is 5.76. The van der Waals surface area contributed by atoms with E-state index in [1.165, 1.54) is 36.2 Å². The Morgan fingerprint density at radius 2 is 2.03 bits per heavy atom. The van der Waals surface area contributed by atoms with Crippen LogP contribution in [0.3, 0.4) is 0 Å². The number of hydrogen-bond donors (Lipinski definition) is 1. The van der Waals surface area contributed by atoms with Crippen molar-refractivity contribution in [3.05, 3.63) is 58.9 Å². The number of pyridine rings is 1. The van der Waals surface area contributed by atoms with Crippen LogP contribution in [0.5, 0.6) is 5.75 Å². The average molecular weight is 439 g/mol. The summed E-state index contributed by atoms with van der Waals surface area (Å²) in [4.78, 5) is 18.9. The third kappa shape index (κ3) is 5.48. The number of aliphatic carboxylic acids is 1. The van der Waals surface area contributed by atoms with Crippen molar-refractivity contribution in [2.75, 3.05) is 26.8 Å². The molecule has 2 aliphatic rings. The number of carbonyl (C=O) groups is 1. The molecule has 2 atom stereocenters. The number of nitrogens with zero attached hydrogens (tertiary/aromatic N) is 2. The van der Waals surface area contributed by atoms with E-state index in [9.17, 15) is 9.90 Å². The van der Waals surface area contributed by atoms with Crippen LogP contribution in [0.15, 0.2) is 36.4 Å². The first-order valence-electron chi connectivity index (χ1n) is 11.8. The number of carboxylic acids is 1. The molecule has 6 heteroatoms. The van der Waals surface area contributed by atoms with Crippen LogP contribution in [-0.4, -0.2) is 53.9 Å². The van der Waals surface area contributed by atoms with Crippen LogP contribution in [0.2, 0.25) is 0 Å². The second-order valence-corrected chi connectivity index (χ2v) is 8.83. The summed E-state index contributed by atoms with van der Waals surface area (Å²) in [5.74, 6) is -0.243. The molecule has 2 aromatic rings. The Bertz CT molecular complexity index is 916. The Morgan fingerprint density at radius 3 is 2.88 bits per heavy atom. The van der Waals surface area contributed by atoms with Gasteiger partial charge in [-0.05, 0) is 69.1 Å². The van der Waals surface area contributed by atoms with Gasteiger partial charge in [-0.2, -0.15) is 0 Å². The van der Waals surface area contributed by atoms with Crippen LogP contribution >= 0.6 is 0 Å². The molecule has 1 N–H and O–H groups in total. The number of benzene rings is 1. The van der Waals surface area contributed by atoms with Crippen molar-refractivity contribution in [2.24, 2.45) is 0 Å². The zero-order valence-corrected chi connectivity index (χ0v) is 19.0. The Hall–Kier alpha value is -2.44. The number of aryl methyl sites for hydroxylation is 3. The number of methoxy groups -OCH3 is 1. The molecular formula is C26H34N2O4. The number of fused-ring (bicyclic) bond motifs is 1. The summed E-state index contributed by atoms with van der Waals surface area (Å²) in [5.41, 5.74) is 4.63. The number of hydrogen-bond acceptors (Lipinski definition) is 5. The minimum absolute atomic E-state index is 0.0772. The molecule has 0 spiro atoms. The normalized spacial score (nSPS) is 19.5. The lowest BCUT2D eigenvalue weighted by molar-refractivity contribution is -0.143. The number of rotatable bonds is 10. The Labute approximate surface area is 190 Å². The van der Waals surface area contributed by atoms with Gasteiger partial charge in [0.15, 0.2) is 0 Å². The zero-order valence-electron chi connectivity index (χ0n) is 19.0. The maximum absolute atomic E-state index is 12.0. The summed E-state index contributed by atoms with van der Waals surface area (Å²) in [5, 5.41) is 9.88. The van der Waals surface area contributed by atoms with Crippen molar-refractivity contribution in [3.8, 4) is 5.75 Å². The van der Waals surface area contributed by atoms with Gasteiger partial charge in [0.25, 0.3) is 0 Å². The third-order valence-electron chi connectivity index (χ3n) is 6.63. The molecular weight excluding hydrogens is 404 g/mol. The number of carboxylic acid groups (broad SMARTS) is 1. The van der Waals surface area contributed by atoms with Gasteiger partial charge in [0.2, 0.25) is 0 Å². The van der Waals surface area contributed by atoms with E-state index in [4.69, 9.17) is 14.5 Å². The first kappa shape index (κ1) is 22.7. The minimum Gasteiger partial charge on any atom is -0.496 e. The van der Waals surface area contributed by atoms with Crippen molar-refractivity contribution in [3.63, 3.8) is 0 Å². The molecule has 1 unspecified atom stereocenters. The number of para-hydroxylation sites is 1. The van der Waals surface area contributed by atoms with Crippen molar-refractivity contribution < 1.29 is 19.4 Å². The maximum Gasteiger partial charge on any atom is 0.325 e. The summed E-state index contributed by atoms with van der Waals surface area (Å²) in [6.07, 6.45) is 8.81. The fourth-order valence-electron chi connectivity index (χ4n) is 4.93. The van der Waals surface area contributed by atoms with Gasteiger partial charge in [0, 0.05) is 36.6 Å². The summed E-state index contributed by atoms with van der Waals surface area (Å²) >= 11 is 0. The summed E-state index contributed by atoms with van der Waals surface area (Å²) in [7, 11) is 1.58. The van der Waals surface area contributed by atoms with Crippen molar-refractivity contribution in [1.82, 2.24) is 9.88 Å². The van der Waals surface area contributed by atoms with Crippen LogP contribution in [0.1, 0.15) is 60.7 Å². The molecule has 1 aromatic carbocycles. The molecule has 1 aliphatic heterocycles. The Kier molecular flexibility index (Phi) is 7.76. The summed E-state index contributed by atoms with van der Waals surface area (Å²) < 4.78 is 11.5. The average Bonchev–Trinajstić information content (AvgIpc) is 3.27. The molecule has 1 aromatic heterocycles. The first-order valence-corrected chi connectivity index (χ1v) is 11.8. The molecule has 2 heterocycles. The summed E-state index contributed by atoms with van der Waals surface area (Å²) in [6, 6.07) is 11.1. The molecule has 4 rings (SSSR count). The molecule has 1 aliphatic carbocycles. The van der Waals surface area contributed by atoms with Crippen LogP contribution in [0.4, 0.5) is 0 Å². The van der Waals surface area contributed by atoms with E-state index in [0.29, 0.717) is 31.0 Å². The molecule has 1 saturated heterocycles. The van der Waals surface area contributed by atoms with E-state index in [1.807, 2.05) is 29.2 Å². The second kappa shape index (κ2) is 10.9. The molecule has 0 saturated carbocycles. The van der Waals surface area contributed by atoms with Crippen LogP contribution in [0, 0.1) is 0 Å². The van der Waals surface area contributed by atoms with E-state index in [0.717, 1.165) is 32.1 Å². The predicted octanol–water partition coefficient (Wildman–Crippen LogP) is 4.21. The van der Waals surface area contributed by atoms with E-state index < -0.39 is 12.0 Å². The molecule has 6 nitrogen and oxygen atoms in total. The van der Waals surface area contributed by atoms with Gasteiger partial charge >= 0.3 is 5.97 Å². The maximum atomic E-state index is 12.0. The SMILES string of the molecule is COc1ccccc1C(C(=O)O)N1CC[C@@H](OCCCCc2ccc3c(n2)CCCC3)C1. The van der Waals surface area contributed by atoms with Crippen molar-refractivity contribution in [1.29, 1.82) is 0 Å². The van der Waals surface area contributed by atoms with Crippen molar-refractivity contribution in [2.45, 2.75) is 63.5 Å². The van der Waals surface area contributed by atoms with Gasteiger partial charge in [-0.1, -0.05) is 24.3 Å². The van der Waals surface area contributed by atoms with E-state index in [-0.39, 0.29) is 6.10 Å². The lowest BCUT2D eigenvalue weighted by atomic mass is 9.95. The van der Waals surface area contributed by atoms with Crippen LogP contribution in [0.25, 0.3) is 0 Å². The third-order valence-corrected chi connectivity index (χ3v) is 6.63. The summed E-state index contributed by atoms with van der Waals surface area (Å²) in [6.45, 7) is 2.04.